The van der Waals surface area contributed by atoms with E-state index in [-0.39, 0.29) is 25.9 Å². The van der Waals surface area contributed by atoms with Gasteiger partial charge in [-0.3, -0.25) is 19.5 Å². The van der Waals surface area contributed by atoms with Crippen LogP contribution in [0.4, 0.5) is 4.39 Å². The Morgan fingerprint density at radius 2 is 1.67 bits per heavy atom. The quantitative estimate of drug-likeness (QED) is 0.270. The molecule has 8 heteroatoms. The third kappa shape index (κ3) is 6.22. The molecule has 0 atom stereocenters. The van der Waals surface area contributed by atoms with Crippen LogP contribution in [0.25, 0.3) is 34.2 Å². The summed E-state index contributed by atoms with van der Waals surface area (Å²) in [5, 5.41) is 8.10. The summed E-state index contributed by atoms with van der Waals surface area (Å²) >= 11 is 0. The molecule has 3 aromatic heterocycles. The first-order valence-electron chi connectivity index (χ1n) is 9.92. The van der Waals surface area contributed by atoms with E-state index >= 15 is 0 Å². The number of halogens is 1. The zero-order chi connectivity index (χ0) is 22.3. The Hall–Kier alpha value is -3.61. The van der Waals surface area contributed by atoms with Gasteiger partial charge in [-0.25, -0.2) is 0 Å². The summed E-state index contributed by atoms with van der Waals surface area (Å²) < 4.78 is 12.7. The molecule has 0 saturated carbocycles. The number of hydrogen-bond acceptors (Lipinski definition) is 5. The average molecular weight is 615 g/mol. The van der Waals surface area contributed by atoms with Gasteiger partial charge in [-0.2, -0.15) is 0 Å². The van der Waals surface area contributed by atoms with E-state index in [9.17, 15) is 4.39 Å². The summed E-state index contributed by atoms with van der Waals surface area (Å²) in [6.45, 7) is 3.77. The van der Waals surface area contributed by atoms with Gasteiger partial charge < -0.3 is 15.1 Å². The van der Waals surface area contributed by atoms with Crippen LogP contribution < -0.4 is 5.10 Å². The molecule has 0 spiro atoms. The summed E-state index contributed by atoms with van der Waals surface area (Å²) in [4.78, 5) is 17.1. The summed E-state index contributed by atoms with van der Waals surface area (Å²) in [5.41, 5.74) is 4.92. The van der Waals surface area contributed by atoms with Crippen molar-refractivity contribution in [2.45, 2.75) is 13.8 Å². The van der Waals surface area contributed by atoms with Gasteiger partial charge in [-0.05, 0) is 37.4 Å². The van der Waals surface area contributed by atoms with E-state index in [4.69, 9.17) is 0 Å². The van der Waals surface area contributed by atoms with E-state index in [1.807, 2.05) is 62.4 Å². The Balaban J connectivity index is 0.000000182. The molecule has 33 heavy (non-hydrogen) atoms. The monoisotopic (exact) mass is 615 g/mol. The molecular formula is C25H19FIrN6-2. The van der Waals surface area contributed by atoms with Crippen molar-refractivity contribution in [2.24, 2.45) is 0 Å². The molecule has 6 nitrogen and oxygen atoms in total. The van der Waals surface area contributed by atoms with Crippen molar-refractivity contribution < 1.29 is 24.5 Å². The Bertz CT molecular complexity index is 1240. The maximum atomic E-state index is 12.7. The fourth-order valence-electron chi connectivity index (χ4n) is 2.97. The molecule has 0 aliphatic carbocycles. The number of rotatable bonds is 3. The molecule has 0 fully saturated rings. The molecule has 0 amide bonds. The topological polar surface area (TPSA) is 78.5 Å². The Labute approximate surface area is 204 Å². The van der Waals surface area contributed by atoms with Crippen molar-refractivity contribution in [1.29, 1.82) is 0 Å². The summed E-state index contributed by atoms with van der Waals surface area (Å²) in [7, 11) is 0. The van der Waals surface area contributed by atoms with Crippen molar-refractivity contribution in [3.8, 4) is 34.2 Å². The zero-order valence-corrected chi connectivity index (χ0v) is 20.3. The van der Waals surface area contributed by atoms with E-state index in [0.717, 1.165) is 33.9 Å². The second-order valence-electron chi connectivity index (χ2n) is 6.91. The molecule has 0 unspecified atom stereocenters. The van der Waals surface area contributed by atoms with Gasteiger partial charge in [0.1, 0.15) is 0 Å². The molecule has 0 bridgehead atoms. The minimum Gasteiger partial charge on any atom is -0.417 e. The van der Waals surface area contributed by atoms with Crippen LogP contribution >= 0.6 is 0 Å². The molecule has 0 N–H and O–H groups in total. The Kier molecular flexibility index (Phi) is 8.24. The summed E-state index contributed by atoms with van der Waals surface area (Å²) in [6.07, 6.45) is 3.41. The minimum absolute atomic E-state index is 0. The predicted octanol–water partition coefficient (Wildman–Crippen LogP) is 4.86. The number of aromatic nitrogens is 6. The Morgan fingerprint density at radius 1 is 0.879 bits per heavy atom. The van der Waals surface area contributed by atoms with Gasteiger partial charge in [0, 0.05) is 49.7 Å². The van der Waals surface area contributed by atoms with Gasteiger partial charge >= 0.3 is 0 Å². The van der Waals surface area contributed by atoms with Crippen LogP contribution in [0.3, 0.4) is 0 Å². The molecule has 5 rings (SSSR count). The smallest absolute Gasteiger partial charge is 0.0634 e. The number of nitrogens with zero attached hydrogens (tertiary/aromatic N) is 6. The zero-order valence-electron chi connectivity index (χ0n) is 17.9. The second-order valence-corrected chi connectivity index (χ2v) is 6.91. The fourth-order valence-corrected chi connectivity index (χ4v) is 2.97. The van der Waals surface area contributed by atoms with Crippen molar-refractivity contribution >= 4 is 0 Å². The van der Waals surface area contributed by atoms with Crippen LogP contribution in [-0.2, 0) is 20.1 Å². The molecule has 0 aliphatic heterocycles. The molecule has 2 aromatic carbocycles. The number of aryl methyl sites for hydroxylation is 2. The minimum atomic E-state index is -0.295. The first kappa shape index (κ1) is 24.0. The summed E-state index contributed by atoms with van der Waals surface area (Å²) in [5.74, 6) is 0.896. The van der Waals surface area contributed by atoms with Gasteiger partial charge in [0.2, 0.25) is 0 Å². The number of hydrogen-bond donors (Lipinski definition) is 0. The standard InChI is InChI=1S/C13H9N4.C12H10FN2.Ir/c1-2-6-10(7-3-1)12-15-13(17-16-12)11-8-4-5-9-14-11;1-8-7-14-12(9(2)15-8)10-3-5-11(13)6-4-10;/h1-9H;3,5-7H,1-2H3;/q2*-1;. The van der Waals surface area contributed by atoms with Crippen molar-refractivity contribution in [2.75, 3.05) is 0 Å². The molecule has 5 aromatic rings. The fraction of sp³-hybridized carbons (Fsp3) is 0.0800. The third-order valence-corrected chi connectivity index (χ3v) is 4.47. The van der Waals surface area contributed by atoms with E-state index < -0.39 is 0 Å². The predicted molar refractivity (Wildman–Crippen MR) is 120 cm³/mol. The first-order chi connectivity index (χ1) is 15.6. The van der Waals surface area contributed by atoms with Gasteiger partial charge in [0.25, 0.3) is 0 Å². The molecule has 0 saturated heterocycles. The van der Waals surface area contributed by atoms with E-state index in [1.165, 1.54) is 12.1 Å². The molecular weight excluding hydrogens is 596 g/mol. The van der Waals surface area contributed by atoms with Crippen LogP contribution in [0.2, 0.25) is 0 Å². The summed E-state index contributed by atoms with van der Waals surface area (Å²) in [6, 6.07) is 22.6. The Morgan fingerprint density at radius 3 is 2.33 bits per heavy atom. The van der Waals surface area contributed by atoms with Crippen molar-refractivity contribution in [3.63, 3.8) is 0 Å². The van der Waals surface area contributed by atoms with Crippen LogP contribution in [0, 0.1) is 25.7 Å². The maximum Gasteiger partial charge on any atom is 0.0634 e. The normalized spacial score (nSPS) is 10.0. The molecule has 0 aliphatic rings. The number of benzene rings is 2. The van der Waals surface area contributed by atoms with E-state index in [0.29, 0.717) is 11.6 Å². The SMILES string of the molecule is Cc1cnc(-c2[c-]cc(F)cc2)c(C)n1.[Ir].c1ccc(-c2n[n-]c(-c3ccccn3)n2)cc1. The van der Waals surface area contributed by atoms with Crippen LogP contribution in [0.15, 0.2) is 79.1 Å². The molecule has 1 radical (unpaired) electrons. The van der Waals surface area contributed by atoms with Crippen LogP contribution in [0.1, 0.15) is 11.4 Å². The third-order valence-electron chi connectivity index (χ3n) is 4.47. The largest absolute Gasteiger partial charge is 0.417 e. The van der Waals surface area contributed by atoms with Gasteiger partial charge in [-0.15, -0.1) is 29.8 Å². The van der Waals surface area contributed by atoms with Gasteiger partial charge in [0.15, 0.2) is 0 Å². The molecule has 3 heterocycles. The average Bonchev–Trinajstić information content (AvgIpc) is 3.32. The second kappa shape index (κ2) is 11.3. The van der Waals surface area contributed by atoms with Gasteiger partial charge in [0.05, 0.1) is 17.2 Å². The van der Waals surface area contributed by atoms with Crippen LogP contribution in [-0.4, -0.2) is 25.0 Å². The van der Waals surface area contributed by atoms with E-state index in [1.54, 1.807) is 18.5 Å². The van der Waals surface area contributed by atoms with Crippen molar-refractivity contribution in [3.05, 3.63) is 102 Å². The van der Waals surface area contributed by atoms with Crippen molar-refractivity contribution in [1.82, 2.24) is 30.1 Å². The maximum absolute atomic E-state index is 12.7. The number of pyridine rings is 1. The first-order valence-corrected chi connectivity index (χ1v) is 9.92. The molecule has 167 valence electrons. The van der Waals surface area contributed by atoms with Gasteiger partial charge in [-0.1, -0.05) is 36.4 Å². The van der Waals surface area contributed by atoms with E-state index in [2.05, 4.69) is 36.2 Å². The van der Waals surface area contributed by atoms with Crippen LogP contribution in [0.5, 0.6) is 0 Å².